The van der Waals surface area contributed by atoms with E-state index in [9.17, 15) is 0 Å². The fourth-order valence-corrected chi connectivity index (χ4v) is 1.64. The van der Waals surface area contributed by atoms with E-state index in [0.29, 0.717) is 23.9 Å². The predicted octanol–water partition coefficient (Wildman–Crippen LogP) is 3.09. The number of ether oxygens (including phenoxy) is 2. The highest BCUT2D eigenvalue weighted by molar-refractivity contribution is 5.32. The molecule has 0 unspecified atom stereocenters. The van der Waals surface area contributed by atoms with Crippen LogP contribution in [0.3, 0.4) is 0 Å². The van der Waals surface area contributed by atoms with Gasteiger partial charge in [0.25, 0.3) is 6.54 Å². The summed E-state index contributed by atoms with van der Waals surface area (Å²) < 4.78 is 10.8. The molecule has 19 heavy (non-hydrogen) atoms. The van der Waals surface area contributed by atoms with Crippen molar-refractivity contribution in [1.82, 2.24) is 4.98 Å². The van der Waals surface area contributed by atoms with Crippen LogP contribution >= 0.6 is 0 Å². The normalized spacial score (nSPS) is 9.68. The minimum absolute atomic E-state index is 0.182. The molecule has 0 amide bonds. The monoisotopic (exact) mass is 254 g/mol. The first kappa shape index (κ1) is 12.9. The number of pyridine rings is 1. The second-order valence-corrected chi connectivity index (χ2v) is 3.89. The van der Waals surface area contributed by atoms with Crippen LogP contribution in [0, 0.1) is 6.57 Å². The van der Waals surface area contributed by atoms with Gasteiger partial charge in [0, 0.05) is 6.07 Å². The maximum absolute atomic E-state index is 6.95. The van der Waals surface area contributed by atoms with Gasteiger partial charge in [-0.05, 0) is 11.6 Å². The third kappa shape index (κ3) is 3.46. The molecule has 0 aliphatic carbocycles. The van der Waals surface area contributed by atoms with E-state index in [1.807, 2.05) is 30.3 Å². The Hall–Kier alpha value is -2.54. The minimum Gasteiger partial charge on any atom is -0.487 e. The van der Waals surface area contributed by atoms with Gasteiger partial charge in [-0.15, -0.1) is 0 Å². The number of hydrogen-bond donors (Lipinski definition) is 0. The average Bonchev–Trinajstić information content (AvgIpc) is 2.47. The zero-order valence-electron chi connectivity index (χ0n) is 10.7. The zero-order valence-corrected chi connectivity index (χ0v) is 10.7. The number of rotatable bonds is 5. The van der Waals surface area contributed by atoms with E-state index < -0.39 is 0 Å². The van der Waals surface area contributed by atoms with Gasteiger partial charge in [0.05, 0.1) is 7.11 Å². The Labute approximate surface area is 112 Å². The van der Waals surface area contributed by atoms with Crippen molar-refractivity contribution in [3.63, 3.8) is 0 Å². The van der Waals surface area contributed by atoms with E-state index in [4.69, 9.17) is 16.0 Å². The summed E-state index contributed by atoms with van der Waals surface area (Å²) in [5.41, 5.74) is 1.68. The van der Waals surface area contributed by atoms with Gasteiger partial charge in [-0.1, -0.05) is 30.3 Å². The molecule has 0 N–H and O–H groups in total. The lowest BCUT2D eigenvalue weighted by atomic mass is 10.2. The van der Waals surface area contributed by atoms with Crippen molar-refractivity contribution in [3.05, 3.63) is 65.1 Å². The summed E-state index contributed by atoms with van der Waals surface area (Å²) in [5, 5.41) is 0. The molecule has 0 atom stereocenters. The molecular weight excluding hydrogens is 240 g/mol. The maximum atomic E-state index is 6.95. The lowest BCUT2D eigenvalue weighted by molar-refractivity contribution is 0.299. The number of nitrogens with zero attached hydrogens (tertiary/aromatic N) is 2. The van der Waals surface area contributed by atoms with Gasteiger partial charge in [0.1, 0.15) is 12.4 Å². The third-order valence-corrected chi connectivity index (χ3v) is 2.58. The smallest absolute Gasteiger partial charge is 0.260 e. The van der Waals surface area contributed by atoms with E-state index >= 15 is 0 Å². The first-order valence-corrected chi connectivity index (χ1v) is 5.87. The molecule has 4 nitrogen and oxygen atoms in total. The Kier molecular flexibility index (Phi) is 4.35. The summed E-state index contributed by atoms with van der Waals surface area (Å²) in [6.07, 6.45) is 0. The van der Waals surface area contributed by atoms with Crippen molar-refractivity contribution in [1.29, 1.82) is 0 Å². The van der Waals surface area contributed by atoms with Crippen LogP contribution in [0.4, 0.5) is 0 Å². The minimum atomic E-state index is 0.182. The van der Waals surface area contributed by atoms with Gasteiger partial charge in [0.2, 0.25) is 5.88 Å². The summed E-state index contributed by atoms with van der Waals surface area (Å²) in [6.45, 7) is 7.59. The van der Waals surface area contributed by atoms with Crippen molar-refractivity contribution >= 4 is 0 Å². The third-order valence-electron chi connectivity index (χ3n) is 2.58. The van der Waals surface area contributed by atoms with Crippen molar-refractivity contribution in [2.45, 2.75) is 13.2 Å². The van der Waals surface area contributed by atoms with Crippen LogP contribution in [0.25, 0.3) is 4.85 Å². The standard InChI is InChI=1S/C15H14N2O2/c1-16-10-13-14(8-9-15(17-13)18-2)19-11-12-6-4-3-5-7-12/h3-9H,10-11H2,2H3. The first-order chi connectivity index (χ1) is 9.33. The second kappa shape index (κ2) is 6.41. The highest BCUT2D eigenvalue weighted by Gasteiger charge is 2.10. The molecule has 0 aliphatic rings. The van der Waals surface area contributed by atoms with E-state index in [0.717, 1.165) is 5.56 Å². The van der Waals surface area contributed by atoms with Crippen LogP contribution < -0.4 is 9.47 Å². The Morgan fingerprint density at radius 1 is 1.16 bits per heavy atom. The SMILES string of the molecule is [C-]#[N+]Cc1nc(OC)ccc1OCc1ccccc1. The van der Waals surface area contributed by atoms with E-state index in [1.165, 1.54) is 0 Å². The largest absolute Gasteiger partial charge is 0.487 e. The van der Waals surface area contributed by atoms with Crippen LogP contribution in [-0.2, 0) is 13.2 Å². The average molecular weight is 254 g/mol. The molecule has 0 saturated heterocycles. The van der Waals surface area contributed by atoms with Crippen LogP contribution in [-0.4, -0.2) is 12.1 Å². The van der Waals surface area contributed by atoms with Gasteiger partial charge in [-0.25, -0.2) is 11.6 Å². The van der Waals surface area contributed by atoms with Gasteiger partial charge < -0.3 is 14.3 Å². The first-order valence-electron chi connectivity index (χ1n) is 5.87. The van der Waals surface area contributed by atoms with Gasteiger partial charge in [-0.2, -0.15) is 0 Å². The topological polar surface area (TPSA) is 35.7 Å². The molecule has 1 heterocycles. The molecule has 2 rings (SSSR count). The summed E-state index contributed by atoms with van der Waals surface area (Å²) in [5.74, 6) is 1.12. The molecule has 1 aromatic carbocycles. The van der Waals surface area contributed by atoms with Crippen molar-refractivity contribution < 1.29 is 9.47 Å². The van der Waals surface area contributed by atoms with Crippen LogP contribution in [0.2, 0.25) is 0 Å². The lowest BCUT2D eigenvalue weighted by Crippen LogP contribution is -2.01. The van der Waals surface area contributed by atoms with Gasteiger partial charge in [-0.3, -0.25) is 0 Å². The van der Waals surface area contributed by atoms with Gasteiger partial charge >= 0.3 is 0 Å². The highest BCUT2D eigenvalue weighted by Crippen LogP contribution is 2.22. The fourth-order valence-electron chi connectivity index (χ4n) is 1.64. The van der Waals surface area contributed by atoms with Crippen molar-refractivity contribution in [2.24, 2.45) is 0 Å². The Bertz CT molecular complexity index is 576. The van der Waals surface area contributed by atoms with Crippen molar-refractivity contribution in [3.8, 4) is 11.6 Å². The fraction of sp³-hybridized carbons (Fsp3) is 0.200. The van der Waals surface area contributed by atoms with Crippen molar-refractivity contribution in [2.75, 3.05) is 7.11 Å². The molecule has 0 aliphatic heterocycles. The van der Waals surface area contributed by atoms with E-state index in [-0.39, 0.29) is 6.54 Å². The van der Waals surface area contributed by atoms with E-state index in [2.05, 4.69) is 9.83 Å². The summed E-state index contributed by atoms with van der Waals surface area (Å²) in [4.78, 5) is 7.58. The molecule has 0 spiro atoms. The molecule has 2 aromatic rings. The summed E-state index contributed by atoms with van der Waals surface area (Å²) in [6, 6.07) is 13.4. The van der Waals surface area contributed by atoms with E-state index in [1.54, 1.807) is 19.2 Å². The molecule has 1 aromatic heterocycles. The Balaban J connectivity index is 2.13. The molecule has 96 valence electrons. The maximum Gasteiger partial charge on any atom is 0.260 e. The zero-order chi connectivity index (χ0) is 13.5. The molecule has 0 saturated carbocycles. The lowest BCUT2D eigenvalue weighted by Gasteiger charge is -2.09. The van der Waals surface area contributed by atoms with Crippen LogP contribution in [0.1, 0.15) is 11.3 Å². The quantitative estimate of drug-likeness (QED) is 0.769. The number of hydrogen-bond acceptors (Lipinski definition) is 3. The Morgan fingerprint density at radius 2 is 1.95 bits per heavy atom. The Morgan fingerprint density at radius 3 is 2.63 bits per heavy atom. The second-order valence-electron chi connectivity index (χ2n) is 3.89. The highest BCUT2D eigenvalue weighted by atomic mass is 16.5. The molecule has 0 radical (unpaired) electrons. The molecule has 4 heteroatoms. The van der Waals surface area contributed by atoms with Crippen LogP contribution in [0.5, 0.6) is 11.6 Å². The van der Waals surface area contributed by atoms with Gasteiger partial charge in [0.15, 0.2) is 5.69 Å². The predicted molar refractivity (Wildman–Crippen MR) is 71.9 cm³/mol. The molecular formula is C15H14N2O2. The van der Waals surface area contributed by atoms with Crippen LogP contribution in [0.15, 0.2) is 42.5 Å². The summed E-state index contributed by atoms with van der Waals surface area (Å²) >= 11 is 0. The number of aromatic nitrogens is 1. The summed E-state index contributed by atoms with van der Waals surface area (Å²) in [7, 11) is 1.55. The number of benzene rings is 1. The molecule has 0 fully saturated rings. The molecule has 0 bridgehead atoms. The number of methoxy groups -OCH3 is 1.